The minimum atomic E-state index is -0.568. The van der Waals surface area contributed by atoms with Gasteiger partial charge in [0.2, 0.25) is 0 Å². The summed E-state index contributed by atoms with van der Waals surface area (Å²) in [6.45, 7) is 2.51. The Bertz CT molecular complexity index is 1050. The Morgan fingerprint density at radius 2 is 2.07 bits per heavy atom. The molecule has 3 aromatic rings. The summed E-state index contributed by atoms with van der Waals surface area (Å²) in [7, 11) is 1.75. The molecule has 0 saturated carbocycles. The molecular weight excluding hydrogens is 398 g/mol. The van der Waals surface area contributed by atoms with E-state index in [1.54, 1.807) is 47.5 Å². The van der Waals surface area contributed by atoms with Gasteiger partial charge in [0.25, 0.3) is 11.8 Å². The molecule has 0 saturated heterocycles. The lowest BCUT2D eigenvalue weighted by atomic mass is 10.1. The van der Waals surface area contributed by atoms with Gasteiger partial charge in [0.1, 0.15) is 5.75 Å². The number of aryl methyl sites for hydroxylation is 1. The second kappa shape index (κ2) is 8.67. The lowest BCUT2D eigenvalue weighted by molar-refractivity contribution is -0.122. The van der Waals surface area contributed by atoms with Gasteiger partial charge in [-0.15, -0.1) is 11.3 Å². The number of para-hydroxylation sites is 1. The number of nitrogens with zero attached hydrogens (tertiary/aromatic N) is 2. The Hall–Kier alpha value is -3.19. The van der Waals surface area contributed by atoms with Crippen molar-refractivity contribution in [2.24, 2.45) is 0 Å². The summed E-state index contributed by atoms with van der Waals surface area (Å²) in [5.74, 6) is 0.400. The van der Waals surface area contributed by atoms with Gasteiger partial charge < -0.3 is 15.0 Å². The fourth-order valence-corrected chi connectivity index (χ4v) is 4.14. The highest BCUT2D eigenvalue weighted by atomic mass is 32.1. The van der Waals surface area contributed by atoms with Gasteiger partial charge in [-0.1, -0.05) is 31.2 Å². The molecule has 0 bridgehead atoms. The Balaban J connectivity index is 1.39. The summed E-state index contributed by atoms with van der Waals surface area (Å²) < 4.78 is 5.74. The van der Waals surface area contributed by atoms with Crippen molar-refractivity contribution >= 4 is 28.8 Å². The molecule has 7 heteroatoms. The fraction of sp³-hybridized carbons (Fsp3) is 0.261. The van der Waals surface area contributed by atoms with Gasteiger partial charge in [-0.3, -0.25) is 9.59 Å². The smallest absolute Gasteiger partial charge is 0.265 e. The maximum absolute atomic E-state index is 12.8. The van der Waals surface area contributed by atoms with Crippen LogP contribution in [0.15, 0.2) is 53.9 Å². The van der Waals surface area contributed by atoms with E-state index >= 15 is 0 Å². The van der Waals surface area contributed by atoms with E-state index in [0.29, 0.717) is 24.2 Å². The fourth-order valence-electron chi connectivity index (χ4n) is 3.40. The van der Waals surface area contributed by atoms with Crippen molar-refractivity contribution in [3.63, 3.8) is 0 Å². The van der Waals surface area contributed by atoms with Gasteiger partial charge in [-0.2, -0.15) is 0 Å². The Labute approximate surface area is 179 Å². The van der Waals surface area contributed by atoms with Crippen molar-refractivity contribution < 1.29 is 14.3 Å². The van der Waals surface area contributed by atoms with E-state index in [9.17, 15) is 9.59 Å². The first-order valence-corrected chi connectivity index (χ1v) is 10.8. The van der Waals surface area contributed by atoms with Crippen LogP contribution in [0, 0.1) is 0 Å². The third kappa shape index (κ3) is 4.36. The molecule has 30 heavy (non-hydrogen) atoms. The molecule has 2 amide bonds. The number of carbonyl (C=O) groups excluding carboxylic acids is 2. The predicted octanol–water partition coefficient (Wildman–Crippen LogP) is 3.92. The molecule has 4 rings (SSSR count). The van der Waals surface area contributed by atoms with Crippen molar-refractivity contribution in [2.75, 3.05) is 12.4 Å². The first-order valence-electron chi connectivity index (χ1n) is 9.87. The summed E-state index contributed by atoms with van der Waals surface area (Å²) in [6.07, 6.45) is 0.859. The number of carbonyl (C=O) groups is 2. The van der Waals surface area contributed by atoms with Crippen LogP contribution in [0.1, 0.15) is 33.5 Å². The highest BCUT2D eigenvalue weighted by molar-refractivity contribution is 7.09. The number of aromatic nitrogens is 1. The van der Waals surface area contributed by atoms with E-state index in [-0.39, 0.29) is 11.8 Å². The zero-order valence-electron chi connectivity index (χ0n) is 16.9. The number of nitrogens with one attached hydrogen (secondary N) is 1. The molecule has 1 unspecified atom stereocenters. The van der Waals surface area contributed by atoms with Crippen LogP contribution in [0.5, 0.6) is 5.75 Å². The Morgan fingerprint density at radius 3 is 2.83 bits per heavy atom. The second-order valence-corrected chi connectivity index (χ2v) is 8.18. The molecule has 2 aromatic carbocycles. The number of fused-ring (bicyclic) bond motifs is 1. The van der Waals surface area contributed by atoms with Gasteiger partial charge in [0.05, 0.1) is 17.2 Å². The predicted molar refractivity (Wildman–Crippen MR) is 117 cm³/mol. The maximum atomic E-state index is 12.8. The molecule has 6 nitrogen and oxygen atoms in total. The molecule has 1 aliphatic rings. The molecule has 0 radical (unpaired) electrons. The monoisotopic (exact) mass is 421 g/mol. The standard InChI is InChI=1S/C23H23N3O3S/c1-3-21-24-18(14-30-21)13-26(2)23(28)16-8-6-9-17(11-16)25-22(27)20-12-15-7-4-5-10-19(15)29-20/h4-11,14,20H,3,12-13H2,1-2H3,(H,25,27). The Kier molecular flexibility index (Phi) is 5.81. The van der Waals surface area contributed by atoms with Crippen molar-refractivity contribution in [3.05, 3.63) is 75.7 Å². The molecule has 0 spiro atoms. The van der Waals surface area contributed by atoms with Crippen LogP contribution >= 0.6 is 11.3 Å². The first kappa shape index (κ1) is 20.1. The van der Waals surface area contributed by atoms with Gasteiger partial charge >= 0.3 is 0 Å². The highest BCUT2D eigenvalue weighted by Gasteiger charge is 2.28. The molecule has 1 N–H and O–H groups in total. The minimum absolute atomic E-state index is 0.123. The van der Waals surface area contributed by atoms with Gasteiger partial charge in [0, 0.05) is 30.1 Å². The SMILES string of the molecule is CCc1nc(CN(C)C(=O)c2cccc(NC(=O)C3Cc4ccccc4O3)c2)cs1. The number of thiazole rings is 1. The number of hydrogen-bond donors (Lipinski definition) is 1. The van der Waals surface area contributed by atoms with E-state index < -0.39 is 6.10 Å². The molecular formula is C23H23N3O3S. The molecule has 0 aliphatic carbocycles. The van der Waals surface area contributed by atoms with Crippen molar-refractivity contribution in [1.29, 1.82) is 0 Å². The number of amides is 2. The normalized spacial score (nSPS) is 14.7. The molecule has 154 valence electrons. The van der Waals surface area contributed by atoms with Crippen LogP contribution < -0.4 is 10.1 Å². The third-order valence-corrected chi connectivity index (χ3v) is 6.01. The summed E-state index contributed by atoms with van der Waals surface area (Å²) in [5, 5.41) is 5.92. The number of rotatable bonds is 6. The molecule has 2 heterocycles. The van der Waals surface area contributed by atoms with E-state index in [4.69, 9.17) is 4.74 Å². The number of ether oxygens (including phenoxy) is 1. The lowest BCUT2D eigenvalue weighted by Crippen LogP contribution is -2.31. The quantitative estimate of drug-likeness (QED) is 0.655. The van der Waals surface area contributed by atoms with Crippen LogP contribution in [0.3, 0.4) is 0 Å². The van der Waals surface area contributed by atoms with Crippen molar-refractivity contribution in [1.82, 2.24) is 9.88 Å². The molecule has 1 atom stereocenters. The first-order chi connectivity index (χ1) is 14.5. The molecule has 0 fully saturated rings. The number of hydrogen-bond acceptors (Lipinski definition) is 5. The van der Waals surface area contributed by atoms with Crippen LogP contribution in [0.25, 0.3) is 0 Å². The highest BCUT2D eigenvalue weighted by Crippen LogP contribution is 2.28. The zero-order chi connectivity index (χ0) is 21.1. The Morgan fingerprint density at radius 1 is 1.23 bits per heavy atom. The van der Waals surface area contributed by atoms with Crippen molar-refractivity contribution in [2.45, 2.75) is 32.4 Å². The number of benzene rings is 2. The lowest BCUT2D eigenvalue weighted by Gasteiger charge is -2.17. The topological polar surface area (TPSA) is 71.5 Å². The summed E-state index contributed by atoms with van der Waals surface area (Å²) in [5.41, 5.74) is 2.99. The van der Waals surface area contributed by atoms with E-state index in [1.807, 2.05) is 29.6 Å². The summed E-state index contributed by atoms with van der Waals surface area (Å²) in [6, 6.07) is 14.6. The van der Waals surface area contributed by atoms with Gasteiger partial charge in [-0.25, -0.2) is 4.98 Å². The van der Waals surface area contributed by atoms with Crippen LogP contribution in [-0.4, -0.2) is 34.8 Å². The van der Waals surface area contributed by atoms with E-state index in [0.717, 1.165) is 28.4 Å². The maximum Gasteiger partial charge on any atom is 0.265 e. The van der Waals surface area contributed by atoms with Crippen LogP contribution in [0.4, 0.5) is 5.69 Å². The molecule has 1 aromatic heterocycles. The number of anilines is 1. The minimum Gasteiger partial charge on any atom is -0.480 e. The second-order valence-electron chi connectivity index (χ2n) is 7.24. The largest absolute Gasteiger partial charge is 0.480 e. The van der Waals surface area contributed by atoms with Gasteiger partial charge in [0.15, 0.2) is 6.10 Å². The average molecular weight is 422 g/mol. The van der Waals surface area contributed by atoms with E-state index in [2.05, 4.69) is 17.2 Å². The van der Waals surface area contributed by atoms with Crippen LogP contribution in [-0.2, 0) is 24.2 Å². The summed E-state index contributed by atoms with van der Waals surface area (Å²) >= 11 is 1.61. The summed E-state index contributed by atoms with van der Waals surface area (Å²) in [4.78, 5) is 31.6. The zero-order valence-corrected chi connectivity index (χ0v) is 17.7. The van der Waals surface area contributed by atoms with Crippen molar-refractivity contribution in [3.8, 4) is 5.75 Å². The third-order valence-electron chi connectivity index (χ3n) is 4.96. The van der Waals surface area contributed by atoms with Crippen LogP contribution in [0.2, 0.25) is 0 Å². The van der Waals surface area contributed by atoms with E-state index in [1.165, 1.54) is 0 Å². The average Bonchev–Trinajstić information content (AvgIpc) is 3.40. The molecule has 1 aliphatic heterocycles. The van der Waals surface area contributed by atoms with Gasteiger partial charge in [-0.05, 0) is 36.2 Å².